The Labute approximate surface area is 130 Å². The van der Waals surface area contributed by atoms with Crippen LogP contribution in [-0.4, -0.2) is 32.4 Å². The smallest absolute Gasteiger partial charge is 0.230 e. The molecule has 21 heavy (non-hydrogen) atoms. The molecule has 0 radical (unpaired) electrons. The number of nitrogens with one attached hydrogen (secondary N) is 2. The molecule has 0 aliphatic heterocycles. The van der Waals surface area contributed by atoms with Crippen LogP contribution in [0.3, 0.4) is 0 Å². The van der Waals surface area contributed by atoms with Crippen molar-refractivity contribution in [3.8, 4) is 0 Å². The number of hydrogen-bond donors (Lipinski definition) is 2. The molecule has 7 heteroatoms. The van der Waals surface area contributed by atoms with Gasteiger partial charge in [-0.3, -0.25) is 4.79 Å². The van der Waals surface area contributed by atoms with Crippen LogP contribution >= 0.6 is 11.8 Å². The van der Waals surface area contributed by atoms with Gasteiger partial charge in [0.15, 0.2) is 0 Å². The summed E-state index contributed by atoms with van der Waals surface area (Å²) in [6, 6.07) is 7.11. The Bertz CT molecular complexity index is 571. The number of carbonyl (C=O) groups is 1. The van der Waals surface area contributed by atoms with Crippen molar-refractivity contribution in [1.82, 2.24) is 10.0 Å². The van der Waals surface area contributed by atoms with Gasteiger partial charge in [0.2, 0.25) is 15.9 Å². The standard InChI is InChI=1S/C14H22N2O3S2/c1-11(2)16-21(18,19)10-13-7-5-4-6-12(13)8-15-14(17)9-20-3/h4-7,11,16H,8-10H2,1-3H3,(H,15,17). The largest absolute Gasteiger partial charge is 0.351 e. The number of sulfonamides is 1. The van der Waals surface area contributed by atoms with Gasteiger partial charge in [-0.15, -0.1) is 0 Å². The van der Waals surface area contributed by atoms with Crippen LogP contribution in [0.5, 0.6) is 0 Å². The summed E-state index contributed by atoms with van der Waals surface area (Å²) in [5, 5.41) is 2.79. The molecule has 1 aromatic carbocycles. The molecule has 0 heterocycles. The topological polar surface area (TPSA) is 75.3 Å². The fraction of sp³-hybridized carbons (Fsp3) is 0.500. The summed E-state index contributed by atoms with van der Waals surface area (Å²) in [7, 11) is -3.37. The maximum atomic E-state index is 12.0. The van der Waals surface area contributed by atoms with Gasteiger partial charge in [0.05, 0.1) is 11.5 Å². The average Bonchev–Trinajstić information content (AvgIpc) is 2.36. The van der Waals surface area contributed by atoms with E-state index in [1.165, 1.54) is 11.8 Å². The predicted molar refractivity (Wildman–Crippen MR) is 87.6 cm³/mol. The summed E-state index contributed by atoms with van der Waals surface area (Å²) in [6.07, 6.45) is 1.86. The Hall–Kier alpha value is -1.05. The van der Waals surface area contributed by atoms with E-state index in [0.29, 0.717) is 17.9 Å². The quantitative estimate of drug-likeness (QED) is 0.757. The van der Waals surface area contributed by atoms with E-state index in [2.05, 4.69) is 10.0 Å². The number of hydrogen-bond acceptors (Lipinski definition) is 4. The molecule has 0 atom stereocenters. The Balaban J connectivity index is 2.78. The van der Waals surface area contributed by atoms with Crippen LogP contribution < -0.4 is 10.0 Å². The van der Waals surface area contributed by atoms with Crippen molar-refractivity contribution < 1.29 is 13.2 Å². The highest BCUT2D eigenvalue weighted by Crippen LogP contribution is 2.12. The molecular formula is C14H22N2O3S2. The van der Waals surface area contributed by atoms with Crippen LogP contribution in [0.15, 0.2) is 24.3 Å². The Kier molecular flexibility index (Phi) is 7.21. The van der Waals surface area contributed by atoms with Gasteiger partial charge in [-0.2, -0.15) is 11.8 Å². The third-order valence-electron chi connectivity index (χ3n) is 2.63. The fourth-order valence-electron chi connectivity index (χ4n) is 1.85. The van der Waals surface area contributed by atoms with Crippen molar-refractivity contribution in [1.29, 1.82) is 0 Å². The van der Waals surface area contributed by atoms with E-state index in [1.54, 1.807) is 26.0 Å². The molecule has 2 N–H and O–H groups in total. The maximum absolute atomic E-state index is 12.0. The second-order valence-electron chi connectivity index (χ2n) is 5.01. The third kappa shape index (κ3) is 6.97. The SMILES string of the molecule is CSCC(=O)NCc1ccccc1CS(=O)(=O)NC(C)C. The van der Waals surface area contributed by atoms with Gasteiger partial charge >= 0.3 is 0 Å². The predicted octanol–water partition coefficient (Wildman–Crippen LogP) is 1.49. The summed E-state index contributed by atoms with van der Waals surface area (Å²) in [5.74, 6) is 0.259. The van der Waals surface area contributed by atoms with Crippen molar-refractivity contribution in [3.63, 3.8) is 0 Å². The van der Waals surface area contributed by atoms with E-state index in [4.69, 9.17) is 0 Å². The van der Waals surface area contributed by atoms with Crippen LogP contribution in [0, 0.1) is 0 Å². The van der Waals surface area contributed by atoms with Gasteiger partial charge in [0.25, 0.3) is 0 Å². The summed E-state index contributed by atoms with van der Waals surface area (Å²) in [6.45, 7) is 3.91. The third-order valence-corrected chi connectivity index (χ3v) is 4.70. The zero-order valence-corrected chi connectivity index (χ0v) is 14.2. The van der Waals surface area contributed by atoms with Gasteiger partial charge in [-0.1, -0.05) is 24.3 Å². The summed E-state index contributed by atoms with van der Waals surface area (Å²) in [5.41, 5.74) is 1.52. The lowest BCUT2D eigenvalue weighted by Crippen LogP contribution is -2.32. The van der Waals surface area contributed by atoms with Crippen LogP contribution in [0.1, 0.15) is 25.0 Å². The van der Waals surface area contributed by atoms with E-state index in [0.717, 1.165) is 5.56 Å². The first-order valence-corrected chi connectivity index (χ1v) is 9.71. The molecule has 0 aromatic heterocycles. The molecule has 0 aliphatic carbocycles. The molecule has 0 bridgehead atoms. The molecule has 0 aliphatic rings. The first kappa shape index (κ1) is 18.0. The van der Waals surface area contributed by atoms with E-state index < -0.39 is 10.0 Å². The van der Waals surface area contributed by atoms with Gasteiger partial charge < -0.3 is 5.32 Å². The van der Waals surface area contributed by atoms with Crippen LogP contribution in [0.25, 0.3) is 0 Å². The molecule has 118 valence electrons. The second-order valence-corrected chi connectivity index (χ2v) is 7.63. The molecule has 0 fully saturated rings. The van der Waals surface area contributed by atoms with E-state index >= 15 is 0 Å². The number of amides is 1. The van der Waals surface area contributed by atoms with Crippen LogP contribution in [-0.2, 0) is 27.1 Å². The molecule has 1 rings (SSSR count). The molecule has 0 unspecified atom stereocenters. The Morgan fingerprint density at radius 2 is 1.86 bits per heavy atom. The lowest BCUT2D eigenvalue weighted by Gasteiger charge is -2.13. The van der Waals surface area contributed by atoms with Gasteiger partial charge in [0.1, 0.15) is 0 Å². The highest BCUT2D eigenvalue weighted by molar-refractivity contribution is 7.99. The van der Waals surface area contributed by atoms with Gasteiger partial charge in [0, 0.05) is 12.6 Å². The molecule has 0 saturated carbocycles. The zero-order chi connectivity index (χ0) is 15.9. The normalized spacial score (nSPS) is 11.6. The minimum absolute atomic E-state index is 0.0551. The minimum atomic E-state index is -3.37. The first-order chi connectivity index (χ1) is 9.84. The lowest BCUT2D eigenvalue weighted by atomic mass is 10.1. The number of carbonyl (C=O) groups excluding carboxylic acids is 1. The maximum Gasteiger partial charge on any atom is 0.230 e. The summed E-state index contributed by atoms with van der Waals surface area (Å²) < 4.78 is 26.6. The van der Waals surface area contributed by atoms with Crippen molar-refractivity contribution in [2.75, 3.05) is 12.0 Å². The van der Waals surface area contributed by atoms with Crippen molar-refractivity contribution in [2.24, 2.45) is 0 Å². The van der Waals surface area contributed by atoms with Crippen LogP contribution in [0.2, 0.25) is 0 Å². The monoisotopic (exact) mass is 330 g/mol. The van der Waals surface area contributed by atoms with E-state index in [-0.39, 0.29) is 17.7 Å². The second kappa shape index (κ2) is 8.41. The molecule has 1 aromatic rings. The van der Waals surface area contributed by atoms with Crippen molar-refractivity contribution in [3.05, 3.63) is 35.4 Å². The van der Waals surface area contributed by atoms with Crippen LogP contribution in [0.4, 0.5) is 0 Å². The van der Waals surface area contributed by atoms with Crippen molar-refractivity contribution >= 4 is 27.7 Å². The highest BCUT2D eigenvalue weighted by atomic mass is 32.2. The van der Waals surface area contributed by atoms with E-state index in [1.807, 2.05) is 18.4 Å². The Morgan fingerprint density at radius 3 is 2.43 bits per heavy atom. The molecule has 1 amide bonds. The van der Waals surface area contributed by atoms with Crippen molar-refractivity contribution in [2.45, 2.75) is 32.2 Å². The van der Waals surface area contributed by atoms with Gasteiger partial charge in [-0.05, 0) is 31.2 Å². The molecule has 0 saturated heterocycles. The average molecular weight is 330 g/mol. The molecule has 5 nitrogen and oxygen atoms in total. The highest BCUT2D eigenvalue weighted by Gasteiger charge is 2.15. The Morgan fingerprint density at radius 1 is 1.24 bits per heavy atom. The zero-order valence-electron chi connectivity index (χ0n) is 12.5. The fourth-order valence-corrected chi connectivity index (χ4v) is 3.71. The van der Waals surface area contributed by atoms with E-state index in [9.17, 15) is 13.2 Å². The number of thioether (sulfide) groups is 1. The molecular weight excluding hydrogens is 308 g/mol. The minimum Gasteiger partial charge on any atom is -0.351 e. The summed E-state index contributed by atoms with van der Waals surface area (Å²) in [4.78, 5) is 11.5. The van der Waals surface area contributed by atoms with Gasteiger partial charge in [-0.25, -0.2) is 13.1 Å². The molecule has 0 spiro atoms. The summed E-state index contributed by atoms with van der Waals surface area (Å²) >= 11 is 1.45. The first-order valence-electron chi connectivity index (χ1n) is 6.66. The number of benzene rings is 1. The number of rotatable bonds is 8. The lowest BCUT2D eigenvalue weighted by molar-refractivity contribution is -0.118.